The Bertz CT molecular complexity index is 972. The third-order valence-electron chi connectivity index (χ3n) is 3.19. The van der Waals surface area contributed by atoms with Crippen molar-refractivity contribution in [3.8, 4) is 5.75 Å². The maximum atomic E-state index is 13.0. The third kappa shape index (κ3) is 2.30. The molecule has 3 aromatic rings. The first kappa shape index (κ1) is 14.7. The van der Waals surface area contributed by atoms with Crippen LogP contribution in [0.5, 0.6) is 5.75 Å². The highest BCUT2D eigenvalue weighted by atomic mass is 35.5. The predicted octanol–water partition coefficient (Wildman–Crippen LogP) is 3.57. The van der Waals surface area contributed by atoms with Crippen molar-refractivity contribution in [2.45, 2.75) is 9.79 Å². The number of halogens is 2. The third-order valence-corrected chi connectivity index (χ3v) is 5.29. The summed E-state index contributed by atoms with van der Waals surface area (Å²) in [7, 11) is -3.92. The van der Waals surface area contributed by atoms with Crippen LogP contribution in [-0.4, -0.2) is 18.5 Å². The van der Waals surface area contributed by atoms with E-state index in [-0.39, 0.29) is 31.5 Å². The molecule has 2 aromatic carbocycles. The molecule has 0 unspecified atom stereocenters. The number of aromatic nitrogens is 1. The maximum Gasteiger partial charge on any atom is 0.207 e. The Balaban J connectivity index is 2.34. The first-order valence-corrected chi connectivity index (χ1v) is 8.04. The van der Waals surface area contributed by atoms with Crippen LogP contribution >= 0.6 is 11.6 Å². The fourth-order valence-corrected chi connectivity index (χ4v) is 3.87. The summed E-state index contributed by atoms with van der Waals surface area (Å²) < 4.78 is 38.5. The highest BCUT2D eigenvalue weighted by molar-refractivity contribution is 7.91. The molecule has 0 radical (unpaired) electrons. The molecule has 4 nitrogen and oxygen atoms in total. The molecule has 1 heterocycles. The van der Waals surface area contributed by atoms with Gasteiger partial charge in [-0.05, 0) is 42.5 Å². The molecule has 0 atom stereocenters. The van der Waals surface area contributed by atoms with E-state index >= 15 is 0 Å². The minimum Gasteiger partial charge on any atom is -0.504 e. The van der Waals surface area contributed by atoms with Gasteiger partial charge in [-0.2, -0.15) is 0 Å². The molecule has 1 aromatic heterocycles. The second-order valence-corrected chi connectivity index (χ2v) is 6.89. The van der Waals surface area contributed by atoms with Crippen LogP contribution in [0.1, 0.15) is 0 Å². The molecule has 0 aliphatic heterocycles. The Morgan fingerprint density at radius 2 is 1.82 bits per heavy atom. The molecule has 0 fully saturated rings. The number of sulfone groups is 1. The van der Waals surface area contributed by atoms with Crippen LogP contribution < -0.4 is 0 Å². The van der Waals surface area contributed by atoms with Gasteiger partial charge in [0.2, 0.25) is 9.84 Å². The van der Waals surface area contributed by atoms with Crippen molar-refractivity contribution in [3.63, 3.8) is 0 Å². The van der Waals surface area contributed by atoms with E-state index in [4.69, 9.17) is 11.6 Å². The van der Waals surface area contributed by atoms with Crippen molar-refractivity contribution >= 4 is 32.3 Å². The lowest BCUT2D eigenvalue weighted by Gasteiger charge is -2.10. The highest BCUT2D eigenvalue weighted by Gasteiger charge is 2.23. The van der Waals surface area contributed by atoms with E-state index in [0.29, 0.717) is 0 Å². The summed E-state index contributed by atoms with van der Waals surface area (Å²) in [4.78, 5) is 3.80. The molecule has 22 heavy (non-hydrogen) atoms. The molecule has 7 heteroatoms. The van der Waals surface area contributed by atoms with E-state index in [1.807, 2.05) is 0 Å². The molecule has 0 amide bonds. The normalized spacial score (nSPS) is 11.7. The average Bonchev–Trinajstić information content (AvgIpc) is 2.51. The van der Waals surface area contributed by atoms with E-state index in [9.17, 15) is 17.9 Å². The van der Waals surface area contributed by atoms with Gasteiger partial charge in [0, 0.05) is 11.6 Å². The molecule has 3 rings (SSSR count). The molecule has 1 N–H and O–H groups in total. The van der Waals surface area contributed by atoms with Crippen molar-refractivity contribution in [1.29, 1.82) is 0 Å². The van der Waals surface area contributed by atoms with Crippen molar-refractivity contribution in [3.05, 3.63) is 59.5 Å². The first-order valence-electron chi connectivity index (χ1n) is 6.18. The minimum absolute atomic E-state index is 0.0687. The summed E-state index contributed by atoms with van der Waals surface area (Å²) in [6, 6.07) is 8.72. The number of rotatable bonds is 2. The molecular weight excluding hydrogens is 329 g/mol. The number of nitrogens with zero attached hydrogens (tertiary/aromatic N) is 1. The number of pyridine rings is 1. The van der Waals surface area contributed by atoms with E-state index in [1.165, 1.54) is 30.5 Å². The molecule has 0 bridgehead atoms. The molecular formula is C15H9ClFNO3S. The molecule has 0 aliphatic rings. The summed E-state index contributed by atoms with van der Waals surface area (Å²) >= 11 is 5.90. The van der Waals surface area contributed by atoms with Gasteiger partial charge >= 0.3 is 0 Å². The van der Waals surface area contributed by atoms with Crippen LogP contribution in [0.2, 0.25) is 5.02 Å². The summed E-state index contributed by atoms with van der Waals surface area (Å²) in [6.45, 7) is 0. The number of benzene rings is 2. The van der Waals surface area contributed by atoms with Gasteiger partial charge in [0.1, 0.15) is 11.3 Å². The molecule has 0 saturated heterocycles. The zero-order chi connectivity index (χ0) is 15.9. The summed E-state index contributed by atoms with van der Waals surface area (Å²) in [5, 5.41) is 10.0. The number of fused-ring (bicyclic) bond motifs is 1. The van der Waals surface area contributed by atoms with E-state index in [1.54, 1.807) is 6.07 Å². The summed E-state index contributed by atoms with van der Waals surface area (Å²) in [5.74, 6) is -0.815. The maximum absolute atomic E-state index is 13.0. The monoisotopic (exact) mass is 337 g/mol. The lowest BCUT2D eigenvalue weighted by atomic mass is 10.2. The van der Waals surface area contributed by atoms with Crippen molar-refractivity contribution in [1.82, 2.24) is 4.98 Å². The SMILES string of the molecule is O=S(=O)(c1ccc(F)cc1)c1cc(Cl)c(O)c2ncccc12. The van der Waals surface area contributed by atoms with Gasteiger partial charge in [-0.25, -0.2) is 12.8 Å². The summed E-state index contributed by atoms with van der Waals surface area (Å²) in [5.41, 5.74) is 0.0932. The van der Waals surface area contributed by atoms with Gasteiger partial charge in [0.15, 0.2) is 5.75 Å². The summed E-state index contributed by atoms with van der Waals surface area (Å²) in [6.07, 6.45) is 1.42. The smallest absolute Gasteiger partial charge is 0.207 e. The fourth-order valence-electron chi connectivity index (χ4n) is 2.13. The van der Waals surface area contributed by atoms with Crippen LogP contribution in [0.25, 0.3) is 10.9 Å². The van der Waals surface area contributed by atoms with E-state index in [0.717, 1.165) is 12.1 Å². The Morgan fingerprint density at radius 3 is 2.50 bits per heavy atom. The number of hydrogen-bond donors (Lipinski definition) is 1. The second-order valence-electron chi connectivity index (χ2n) is 4.56. The van der Waals surface area contributed by atoms with Gasteiger partial charge in [0.05, 0.1) is 14.8 Å². The fraction of sp³-hybridized carbons (Fsp3) is 0. The Hall–Kier alpha value is -2.18. The minimum atomic E-state index is -3.92. The average molecular weight is 338 g/mol. The Labute approximate surface area is 130 Å². The van der Waals surface area contributed by atoms with Crippen molar-refractivity contribution in [2.75, 3.05) is 0 Å². The van der Waals surface area contributed by atoms with Gasteiger partial charge in [-0.1, -0.05) is 11.6 Å². The molecule has 112 valence electrons. The Morgan fingerprint density at radius 1 is 1.14 bits per heavy atom. The Kier molecular flexibility index (Phi) is 3.50. The van der Waals surface area contributed by atoms with Crippen molar-refractivity contribution < 1.29 is 17.9 Å². The van der Waals surface area contributed by atoms with Crippen LogP contribution in [0.4, 0.5) is 4.39 Å². The van der Waals surface area contributed by atoms with Crippen LogP contribution in [0.15, 0.2) is 58.5 Å². The molecule has 0 spiro atoms. The van der Waals surface area contributed by atoms with E-state index < -0.39 is 15.7 Å². The topological polar surface area (TPSA) is 67.3 Å². The molecule has 0 saturated carbocycles. The number of phenolic OH excluding ortho intramolecular Hbond substituents is 1. The van der Waals surface area contributed by atoms with Crippen molar-refractivity contribution in [2.24, 2.45) is 0 Å². The predicted molar refractivity (Wildman–Crippen MR) is 80.3 cm³/mol. The van der Waals surface area contributed by atoms with Gasteiger partial charge < -0.3 is 5.11 Å². The standard InChI is InChI=1S/C15H9ClFNO3S/c16-12-8-13(11-2-1-7-18-14(11)15(12)19)22(20,21)10-5-3-9(17)4-6-10/h1-8,19H. The highest BCUT2D eigenvalue weighted by Crippen LogP contribution is 2.37. The number of aromatic hydroxyl groups is 1. The second kappa shape index (κ2) is 5.23. The van der Waals surface area contributed by atoms with Gasteiger partial charge in [0.25, 0.3) is 0 Å². The number of phenols is 1. The van der Waals surface area contributed by atoms with Crippen LogP contribution in [0.3, 0.4) is 0 Å². The largest absolute Gasteiger partial charge is 0.504 e. The van der Waals surface area contributed by atoms with Crippen LogP contribution in [0, 0.1) is 5.82 Å². The zero-order valence-corrected chi connectivity index (χ0v) is 12.6. The van der Waals surface area contributed by atoms with E-state index in [2.05, 4.69) is 4.98 Å². The van der Waals surface area contributed by atoms with Gasteiger partial charge in [-0.15, -0.1) is 0 Å². The first-order chi connectivity index (χ1) is 10.4. The lowest BCUT2D eigenvalue weighted by molar-refractivity contribution is 0.480. The number of hydrogen-bond acceptors (Lipinski definition) is 4. The molecule has 0 aliphatic carbocycles. The quantitative estimate of drug-likeness (QED) is 0.726. The van der Waals surface area contributed by atoms with Gasteiger partial charge in [-0.3, -0.25) is 4.98 Å². The van der Waals surface area contributed by atoms with Crippen LogP contribution in [-0.2, 0) is 9.84 Å². The zero-order valence-electron chi connectivity index (χ0n) is 11.0. The lowest BCUT2D eigenvalue weighted by Crippen LogP contribution is -2.03.